The van der Waals surface area contributed by atoms with Crippen molar-refractivity contribution in [3.63, 3.8) is 0 Å². The number of benzene rings is 1. The van der Waals surface area contributed by atoms with Crippen LogP contribution in [0.4, 0.5) is 0 Å². The van der Waals surface area contributed by atoms with Gasteiger partial charge < -0.3 is 14.7 Å². The zero-order valence-corrected chi connectivity index (χ0v) is 14.0. The third-order valence-corrected chi connectivity index (χ3v) is 4.58. The zero-order chi connectivity index (χ0) is 16.3. The Labute approximate surface area is 133 Å². The maximum Gasteiger partial charge on any atom is 0.230 e. The maximum absolute atomic E-state index is 13.0. The number of hydrogen-bond acceptors (Lipinski definition) is 3. The molecular formula is C18H27NO3. The molecule has 1 amide bonds. The van der Waals surface area contributed by atoms with Crippen molar-refractivity contribution < 1.29 is 14.6 Å². The van der Waals surface area contributed by atoms with E-state index in [2.05, 4.69) is 0 Å². The van der Waals surface area contributed by atoms with E-state index in [9.17, 15) is 9.90 Å². The molecule has 1 N–H and O–H groups in total. The summed E-state index contributed by atoms with van der Waals surface area (Å²) < 4.78 is 5.18. The normalized spacial score (nSPS) is 20.0. The third-order valence-electron chi connectivity index (χ3n) is 4.58. The largest absolute Gasteiger partial charge is 0.497 e. The van der Waals surface area contributed by atoms with Crippen molar-refractivity contribution in [2.45, 2.75) is 57.6 Å². The minimum absolute atomic E-state index is 0.0905. The second-order valence-corrected chi connectivity index (χ2v) is 6.58. The summed E-state index contributed by atoms with van der Waals surface area (Å²) >= 11 is 0. The molecule has 122 valence electrons. The first-order valence-corrected chi connectivity index (χ1v) is 8.05. The summed E-state index contributed by atoms with van der Waals surface area (Å²) in [4.78, 5) is 14.8. The number of carbonyl (C=O) groups is 1. The van der Waals surface area contributed by atoms with Crippen LogP contribution in [0.25, 0.3) is 0 Å². The molecular weight excluding hydrogens is 278 g/mol. The Hall–Kier alpha value is -1.55. The Morgan fingerprint density at radius 3 is 2.55 bits per heavy atom. The van der Waals surface area contributed by atoms with E-state index in [1.165, 1.54) is 0 Å². The van der Waals surface area contributed by atoms with Gasteiger partial charge in [0.2, 0.25) is 5.91 Å². The molecule has 1 fully saturated rings. The summed E-state index contributed by atoms with van der Waals surface area (Å²) in [6.07, 6.45) is 2.58. The fourth-order valence-corrected chi connectivity index (χ4v) is 3.35. The third kappa shape index (κ3) is 3.43. The van der Waals surface area contributed by atoms with E-state index in [1.54, 1.807) is 21.0 Å². The molecule has 0 bridgehead atoms. The highest BCUT2D eigenvalue weighted by atomic mass is 16.5. The number of rotatable bonds is 5. The maximum atomic E-state index is 13.0. The van der Waals surface area contributed by atoms with E-state index in [1.807, 2.05) is 36.1 Å². The molecule has 1 heterocycles. The molecule has 0 radical (unpaired) electrons. The minimum Gasteiger partial charge on any atom is -0.497 e. The van der Waals surface area contributed by atoms with Gasteiger partial charge in [0.1, 0.15) is 5.75 Å². The molecule has 4 heteroatoms. The Morgan fingerprint density at radius 1 is 1.41 bits per heavy atom. The summed E-state index contributed by atoms with van der Waals surface area (Å²) in [5, 5.41) is 10.3. The predicted molar refractivity (Wildman–Crippen MR) is 87.1 cm³/mol. The van der Waals surface area contributed by atoms with Crippen LogP contribution in [-0.2, 0) is 4.79 Å². The zero-order valence-electron chi connectivity index (χ0n) is 14.0. The van der Waals surface area contributed by atoms with Crippen LogP contribution in [0.15, 0.2) is 24.3 Å². The Kier molecular flexibility index (Phi) is 5.12. The van der Waals surface area contributed by atoms with Crippen molar-refractivity contribution in [3.05, 3.63) is 29.8 Å². The number of amides is 1. The predicted octanol–water partition coefficient (Wildman–Crippen LogP) is 2.95. The van der Waals surface area contributed by atoms with Crippen LogP contribution in [0.5, 0.6) is 5.75 Å². The molecule has 2 rings (SSSR count). The fraction of sp³-hybridized carbons (Fsp3) is 0.611. The van der Waals surface area contributed by atoms with Crippen LogP contribution in [0.1, 0.15) is 51.5 Å². The van der Waals surface area contributed by atoms with Crippen molar-refractivity contribution in [2.24, 2.45) is 0 Å². The first kappa shape index (κ1) is 16.8. The standard InChI is InChI=1S/C18H27NO3/c1-5-15(13-8-10-14(22-4)11-9-13)17(20)19-12-6-7-16(19)18(2,3)21/h8-11,15-16,21H,5-7,12H2,1-4H3/t15-,16-/m0/s1. The Balaban J connectivity index is 2.20. The number of carbonyl (C=O) groups excluding carboxylic acids is 1. The molecule has 1 aliphatic rings. The lowest BCUT2D eigenvalue weighted by molar-refractivity contribution is -0.138. The second kappa shape index (κ2) is 6.69. The van der Waals surface area contributed by atoms with Gasteiger partial charge in [-0.1, -0.05) is 19.1 Å². The minimum atomic E-state index is -0.857. The van der Waals surface area contributed by atoms with Gasteiger partial charge in [-0.3, -0.25) is 4.79 Å². The lowest BCUT2D eigenvalue weighted by Crippen LogP contribution is -2.49. The van der Waals surface area contributed by atoms with Gasteiger partial charge in [0.15, 0.2) is 0 Å². The average Bonchev–Trinajstić information content (AvgIpc) is 2.98. The van der Waals surface area contributed by atoms with Gasteiger partial charge in [-0.25, -0.2) is 0 Å². The average molecular weight is 305 g/mol. The number of nitrogens with zero attached hydrogens (tertiary/aromatic N) is 1. The number of ether oxygens (including phenoxy) is 1. The van der Waals surface area contributed by atoms with Crippen molar-refractivity contribution in [1.29, 1.82) is 0 Å². The van der Waals surface area contributed by atoms with Crippen molar-refractivity contribution in [2.75, 3.05) is 13.7 Å². The molecule has 4 nitrogen and oxygen atoms in total. The molecule has 0 unspecified atom stereocenters. The Bertz CT molecular complexity index is 504. The van der Waals surface area contributed by atoms with Crippen LogP contribution in [-0.4, -0.2) is 41.2 Å². The highest BCUT2D eigenvalue weighted by Gasteiger charge is 2.40. The van der Waals surface area contributed by atoms with Crippen molar-refractivity contribution in [3.8, 4) is 5.75 Å². The van der Waals surface area contributed by atoms with Crippen molar-refractivity contribution >= 4 is 5.91 Å². The van der Waals surface area contributed by atoms with E-state index < -0.39 is 5.60 Å². The van der Waals surface area contributed by atoms with Crippen LogP contribution >= 0.6 is 0 Å². The summed E-state index contributed by atoms with van der Waals surface area (Å²) in [6.45, 7) is 6.34. The molecule has 1 aromatic carbocycles. The van der Waals surface area contributed by atoms with Crippen LogP contribution in [0.2, 0.25) is 0 Å². The number of aliphatic hydroxyl groups is 1. The first-order chi connectivity index (χ1) is 10.4. The lowest BCUT2D eigenvalue weighted by atomic mass is 9.92. The molecule has 0 aromatic heterocycles. The highest BCUT2D eigenvalue weighted by Crippen LogP contribution is 2.32. The topological polar surface area (TPSA) is 49.8 Å². The summed E-state index contributed by atoms with van der Waals surface area (Å²) in [5.74, 6) is 0.757. The molecule has 22 heavy (non-hydrogen) atoms. The second-order valence-electron chi connectivity index (χ2n) is 6.58. The molecule has 2 atom stereocenters. The smallest absolute Gasteiger partial charge is 0.230 e. The van der Waals surface area contributed by atoms with E-state index in [0.29, 0.717) is 0 Å². The van der Waals surface area contributed by atoms with Gasteiger partial charge in [-0.05, 0) is 50.8 Å². The summed E-state index contributed by atoms with van der Waals surface area (Å²) in [5.41, 5.74) is 0.152. The van der Waals surface area contributed by atoms with Gasteiger partial charge in [0.05, 0.1) is 24.7 Å². The monoisotopic (exact) mass is 305 g/mol. The lowest BCUT2D eigenvalue weighted by Gasteiger charge is -2.35. The van der Waals surface area contributed by atoms with Gasteiger partial charge >= 0.3 is 0 Å². The SMILES string of the molecule is CC[C@H](C(=O)N1CCC[C@H]1C(C)(C)O)c1ccc(OC)cc1. The van der Waals surface area contributed by atoms with Crippen LogP contribution < -0.4 is 4.74 Å². The molecule has 1 aliphatic heterocycles. The molecule has 0 saturated carbocycles. The summed E-state index contributed by atoms with van der Waals surface area (Å²) in [7, 11) is 1.63. The quantitative estimate of drug-likeness (QED) is 0.910. The molecule has 1 aromatic rings. The van der Waals surface area contributed by atoms with Gasteiger partial charge in [0, 0.05) is 6.54 Å². The number of likely N-dealkylation sites (tertiary alicyclic amines) is 1. The number of hydrogen-bond donors (Lipinski definition) is 1. The van der Waals surface area contributed by atoms with Gasteiger partial charge in [-0.2, -0.15) is 0 Å². The molecule has 0 spiro atoms. The van der Waals surface area contributed by atoms with Gasteiger partial charge in [-0.15, -0.1) is 0 Å². The molecule has 0 aliphatic carbocycles. The first-order valence-electron chi connectivity index (χ1n) is 8.05. The number of methoxy groups -OCH3 is 1. The van der Waals surface area contributed by atoms with E-state index in [-0.39, 0.29) is 17.9 Å². The summed E-state index contributed by atoms with van der Waals surface area (Å²) in [6, 6.07) is 7.61. The highest BCUT2D eigenvalue weighted by molar-refractivity contribution is 5.84. The van der Waals surface area contributed by atoms with E-state index in [0.717, 1.165) is 37.1 Å². The van der Waals surface area contributed by atoms with Gasteiger partial charge in [0.25, 0.3) is 0 Å². The van der Waals surface area contributed by atoms with Crippen LogP contribution in [0.3, 0.4) is 0 Å². The fourth-order valence-electron chi connectivity index (χ4n) is 3.35. The molecule has 1 saturated heterocycles. The Morgan fingerprint density at radius 2 is 2.05 bits per heavy atom. The van der Waals surface area contributed by atoms with E-state index >= 15 is 0 Å². The van der Waals surface area contributed by atoms with Crippen LogP contribution in [0, 0.1) is 0 Å². The van der Waals surface area contributed by atoms with E-state index in [4.69, 9.17) is 4.74 Å². The van der Waals surface area contributed by atoms with Crippen molar-refractivity contribution in [1.82, 2.24) is 4.90 Å².